The van der Waals surface area contributed by atoms with Crippen LogP contribution in [0.25, 0.3) is 10.8 Å². The van der Waals surface area contributed by atoms with Gasteiger partial charge in [-0.3, -0.25) is 19.2 Å². The van der Waals surface area contributed by atoms with E-state index < -0.39 is 54.3 Å². The first kappa shape index (κ1) is 51.0. The Morgan fingerprint density at radius 1 is 0.861 bits per heavy atom. The molecule has 0 aromatic heterocycles. The Morgan fingerprint density at radius 3 is 2.25 bits per heavy atom. The van der Waals surface area contributed by atoms with E-state index in [9.17, 15) is 33.9 Å². The van der Waals surface area contributed by atoms with Gasteiger partial charge in [0.2, 0.25) is 17.7 Å². The molecule has 8 rings (SSSR count). The highest BCUT2D eigenvalue weighted by molar-refractivity contribution is 6.19. The van der Waals surface area contributed by atoms with Crippen molar-refractivity contribution in [3.63, 3.8) is 0 Å². The van der Waals surface area contributed by atoms with Gasteiger partial charge in [-0.25, -0.2) is 14.5 Å². The molecule has 0 aliphatic carbocycles. The van der Waals surface area contributed by atoms with Crippen LogP contribution in [0.1, 0.15) is 72.1 Å². The molecule has 0 bridgehead atoms. The van der Waals surface area contributed by atoms with Gasteiger partial charge in [-0.05, 0) is 71.5 Å². The molecule has 5 aromatic carbocycles. The van der Waals surface area contributed by atoms with Crippen molar-refractivity contribution in [2.75, 3.05) is 48.4 Å². The van der Waals surface area contributed by atoms with Crippen LogP contribution in [0.3, 0.4) is 0 Å². The normalized spacial score (nSPS) is 17.7. The highest BCUT2D eigenvalue weighted by atomic mass is 35.5. The second-order valence-corrected chi connectivity index (χ2v) is 18.5. The highest BCUT2D eigenvalue weighted by Crippen LogP contribution is 2.46. The fourth-order valence-electron chi connectivity index (χ4n) is 9.26. The number of aliphatic hydroxyl groups is 1. The zero-order valence-electron chi connectivity index (χ0n) is 40.5. The Balaban J connectivity index is 0.995. The van der Waals surface area contributed by atoms with Crippen LogP contribution < -0.4 is 40.4 Å². The largest absolute Gasteiger partial charge is 0.513 e. The SMILES string of the molecule is COC(=O)Oc1cc2c(c3ccccc13)[C@H](CCl)CN2C(=O)CCCOc1cc2c(cc1OC)C(=O)N1Cc3ccccc3C[C@H]1C(O)N2C(=O)OCc1ccc(NC(=O)[C@H](C)NC(=O)[C@@H](N)C(C)C)cc1. The van der Waals surface area contributed by atoms with Crippen molar-refractivity contribution in [3.05, 3.63) is 119 Å². The number of benzene rings is 5. The predicted molar refractivity (Wildman–Crippen MR) is 268 cm³/mol. The number of alkyl halides is 1. The molecule has 1 unspecified atom stereocenters. The van der Waals surface area contributed by atoms with E-state index in [1.165, 1.54) is 26.4 Å². The second kappa shape index (κ2) is 21.9. The number of methoxy groups -OCH3 is 2. The molecule has 0 spiro atoms. The third-order valence-electron chi connectivity index (χ3n) is 13.3. The number of hydrogen-bond donors (Lipinski definition) is 4. The van der Waals surface area contributed by atoms with Crippen LogP contribution in [0.4, 0.5) is 26.7 Å². The maximum absolute atomic E-state index is 14.6. The first-order valence-electron chi connectivity index (χ1n) is 23.6. The summed E-state index contributed by atoms with van der Waals surface area (Å²) in [5, 5.41) is 19.1. The molecule has 0 saturated heterocycles. The lowest BCUT2D eigenvalue weighted by Crippen LogP contribution is -2.55. The van der Waals surface area contributed by atoms with Gasteiger partial charge < -0.3 is 55.0 Å². The number of halogens is 1. The number of carbonyl (C=O) groups excluding carboxylic acids is 6. The van der Waals surface area contributed by atoms with Crippen LogP contribution in [0.15, 0.2) is 91.0 Å². The van der Waals surface area contributed by atoms with Gasteiger partial charge >= 0.3 is 12.2 Å². The molecule has 3 aliphatic rings. The monoisotopic (exact) mass is 1000 g/mol. The number of hydrogen-bond acceptors (Lipinski definition) is 13. The van der Waals surface area contributed by atoms with Crippen molar-refractivity contribution in [3.8, 4) is 17.2 Å². The minimum absolute atomic E-state index is 0.0102. The van der Waals surface area contributed by atoms with Crippen LogP contribution >= 0.6 is 11.6 Å². The Bertz CT molecular complexity index is 2900. The first-order chi connectivity index (χ1) is 34.6. The molecule has 5 amide bonds. The number of anilines is 3. The molecule has 5 aromatic rings. The van der Waals surface area contributed by atoms with Gasteiger partial charge in [0.05, 0.1) is 49.8 Å². The lowest BCUT2D eigenvalue weighted by atomic mass is 9.93. The van der Waals surface area contributed by atoms with E-state index in [1.54, 1.807) is 47.1 Å². The smallest absolute Gasteiger partial charge is 0.493 e. The summed E-state index contributed by atoms with van der Waals surface area (Å²) in [7, 11) is 2.63. The van der Waals surface area contributed by atoms with Crippen LogP contribution in [0.2, 0.25) is 0 Å². The van der Waals surface area contributed by atoms with Crippen molar-refractivity contribution in [2.24, 2.45) is 11.7 Å². The Labute approximate surface area is 421 Å². The molecule has 378 valence electrons. The summed E-state index contributed by atoms with van der Waals surface area (Å²) in [5.41, 5.74) is 10.3. The van der Waals surface area contributed by atoms with Crippen LogP contribution in [-0.2, 0) is 43.4 Å². The standard InChI is InChI=1S/C53H57ClN6O12/c1-29(2)47(55)49(63)56-30(3)48(62)57-35-18-16-31(17-19-35)28-71-52(66)60-39-23-44(43(68-4)22-38(39)50(64)59-26-33-12-7-6-11-32(33)21-41(59)51(60)65)70-20-10-15-45(61)58-27-34(25-54)46-37-14-9-8-13-36(37)42(24-40(46)58)72-53(67)69-5/h6-9,11-14,16-19,22-24,29-30,34,41,47,51,65H,10,15,20-21,25-28,55H2,1-5H3,(H,56,63)(H,57,62)/t30-,34+,41-,47-,51?/m0/s1. The van der Waals surface area contributed by atoms with Gasteiger partial charge in [-0.1, -0.05) is 74.5 Å². The summed E-state index contributed by atoms with van der Waals surface area (Å²) < 4.78 is 28.1. The number of carbonyl (C=O) groups is 6. The number of rotatable bonds is 15. The average Bonchev–Trinajstić information content (AvgIpc) is 3.74. The average molecular weight is 1010 g/mol. The van der Waals surface area contributed by atoms with Gasteiger partial charge in [0, 0.05) is 54.5 Å². The Morgan fingerprint density at radius 2 is 1.56 bits per heavy atom. The summed E-state index contributed by atoms with van der Waals surface area (Å²) in [6, 6.07) is 23.6. The second-order valence-electron chi connectivity index (χ2n) is 18.2. The lowest BCUT2D eigenvalue weighted by Gasteiger charge is -2.39. The van der Waals surface area contributed by atoms with Crippen LogP contribution in [-0.4, -0.2) is 103 Å². The number of fused-ring (bicyclic) bond motifs is 6. The molecule has 5 N–H and O–H groups in total. The molecule has 5 atom stereocenters. The van der Waals surface area contributed by atoms with E-state index in [0.717, 1.165) is 27.0 Å². The molecule has 72 heavy (non-hydrogen) atoms. The minimum atomic E-state index is -1.57. The van der Waals surface area contributed by atoms with Crippen LogP contribution in [0, 0.1) is 5.92 Å². The van der Waals surface area contributed by atoms with E-state index >= 15 is 0 Å². The van der Waals surface area contributed by atoms with Gasteiger partial charge in [-0.2, -0.15) is 0 Å². The molecular formula is C53H57ClN6O12. The summed E-state index contributed by atoms with van der Waals surface area (Å²) in [6.07, 6.45) is -2.88. The van der Waals surface area contributed by atoms with Gasteiger partial charge in [-0.15, -0.1) is 11.6 Å². The summed E-state index contributed by atoms with van der Waals surface area (Å²) >= 11 is 6.47. The zero-order valence-corrected chi connectivity index (χ0v) is 41.3. The summed E-state index contributed by atoms with van der Waals surface area (Å²) in [5.74, 6) is -1.04. The molecule has 0 saturated carbocycles. The topological polar surface area (TPSA) is 229 Å². The minimum Gasteiger partial charge on any atom is -0.493 e. The maximum atomic E-state index is 14.6. The summed E-state index contributed by atoms with van der Waals surface area (Å²) in [6.45, 7) is 5.43. The van der Waals surface area contributed by atoms with Crippen LogP contribution in [0.5, 0.6) is 17.2 Å². The lowest BCUT2D eigenvalue weighted by molar-refractivity contribution is -0.127. The number of amides is 5. The molecule has 19 heteroatoms. The van der Waals surface area contributed by atoms with Crippen molar-refractivity contribution in [2.45, 2.75) is 83.5 Å². The van der Waals surface area contributed by atoms with Crippen molar-refractivity contribution < 1.29 is 57.6 Å². The van der Waals surface area contributed by atoms with E-state index in [1.807, 2.05) is 62.4 Å². The van der Waals surface area contributed by atoms with Crippen molar-refractivity contribution in [1.29, 1.82) is 0 Å². The molecule has 0 radical (unpaired) electrons. The van der Waals surface area contributed by atoms with Gasteiger partial charge in [0.25, 0.3) is 5.91 Å². The van der Waals surface area contributed by atoms with Crippen molar-refractivity contribution in [1.82, 2.24) is 10.2 Å². The Kier molecular flexibility index (Phi) is 15.5. The quantitative estimate of drug-likeness (QED) is 0.0359. The summed E-state index contributed by atoms with van der Waals surface area (Å²) in [4.78, 5) is 84.6. The van der Waals surface area contributed by atoms with E-state index in [0.29, 0.717) is 28.9 Å². The van der Waals surface area contributed by atoms with E-state index in [4.69, 9.17) is 41.0 Å². The van der Waals surface area contributed by atoms with E-state index in [2.05, 4.69) is 10.6 Å². The molecule has 0 fully saturated rings. The number of aliphatic hydroxyl groups excluding tert-OH is 1. The van der Waals surface area contributed by atoms with Gasteiger partial charge in [0.1, 0.15) is 18.4 Å². The fourth-order valence-corrected chi connectivity index (χ4v) is 9.51. The zero-order chi connectivity index (χ0) is 51.4. The number of ether oxygens (including phenoxy) is 5. The van der Waals surface area contributed by atoms with E-state index in [-0.39, 0.29) is 91.1 Å². The first-order valence-corrected chi connectivity index (χ1v) is 24.2. The fraction of sp³-hybridized carbons (Fsp3) is 0.358. The molecule has 3 heterocycles. The highest BCUT2D eigenvalue weighted by Gasteiger charge is 2.45. The van der Waals surface area contributed by atoms with Crippen molar-refractivity contribution >= 4 is 75.3 Å². The number of nitrogens with one attached hydrogen (secondary N) is 2. The third-order valence-corrected chi connectivity index (χ3v) is 13.6. The van der Waals surface area contributed by atoms with Gasteiger partial charge in [0.15, 0.2) is 17.7 Å². The number of nitrogens with zero attached hydrogens (tertiary/aromatic N) is 3. The third kappa shape index (κ3) is 10.5. The molecule has 18 nitrogen and oxygen atoms in total. The predicted octanol–water partition coefficient (Wildman–Crippen LogP) is 6.99. The molecular weight excluding hydrogens is 948 g/mol. The maximum Gasteiger partial charge on any atom is 0.513 e. The number of nitrogens with two attached hydrogens (primary N) is 1. The molecule has 3 aliphatic heterocycles. The Hall–Kier alpha value is -7.41.